The summed E-state index contributed by atoms with van der Waals surface area (Å²) in [5.74, 6) is 0.575. The van der Waals surface area contributed by atoms with Crippen molar-refractivity contribution >= 4 is 5.82 Å². The molecule has 0 saturated carbocycles. The highest BCUT2D eigenvalue weighted by atomic mass is 19.1. The number of piperazine rings is 1. The second kappa shape index (κ2) is 8.89. The third-order valence-corrected chi connectivity index (χ3v) is 5.64. The highest BCUT2D eigenvalue weighted by Crippen LogP contribution is 2.27. The van der Waals surface area contributed by atoms with E-state index >= 15 is 0 Å². The van der Waals surface area contributed by atoms with E-state index in [1.165, 1.54) is 12.1 Å². The second-order valence-corrected chi connectivity index (χ2v) is 7.81. The van der Waals surface area contributed by atoms with E-state index in [2.05, 4.69) is 24.9 Å². The van der Waals surface area contributed by atoms with Crippen molar-refractivity contribution in [2.45, 2.75) is 32.5 Å². The van der Waals surface area contributed by atoms with Crippen molar-refractivity contribution in [3.8, 4) is 11.3 Å². The van der Waals surface area contributed by atoms with E-state index in [-0.39, 0.29) is 11.9 Å². The van der Waals surface area contributed by atoms with Crippen LogP contribution in [0, 0.1) is 5.82 Å². The van der Waals surface area contributed by atoms with Crippen LogP contribution in [0.2, 0.25) is 0 Å². The van der Waals surface area contributed by atoms with Crippen LogP contribution in [0.5, 0.6) is 0 Å². The molecule has 1 N–H and O–H groups in total. The summed E-state index contributed by atoms with van der Waals surface area (Å²) in [6.07, 6.45) is 6.82. The Bertz CT molecular complexity index is 966. The van der Waals surface area contributed by atoms with Crippen LogP contribution in [0.3, 0.4) is 0 Å². The van der Waals surface area contributed by atoms with E-state index in [0.29, 0.717) is 0 Å². The number of benzene rings is 1. The molecule has 158 valence electrons. The molecule has 0 bridgehead atoms. The van der Waals surface area contributed by atoms with E-state index in [1.54, 1.807) is 31.5 Å². The molecule has 0 amide bonds. The normalized spacial score (nSPS) is 17.1. The monoisotopic (exact) mass is 410 g/mol. The zero-order valence-corrected chi connectivity index (χ0v) is 17.3. The lowest BCUT2D eigenvalue weighted by Crippen LogP contribution is -2.46. The number of aliphatic hydroxyl groups excluding tert-OH is 1. The number of rotatable bonds is 6. The predicted octanol–water partition coefficient (Wildman–Crippen LogP) is 2.74. The molecular formula is C22H27FN6O. The van der Waals surface area contributed by atoms with Crippen LogP contribution in [0.25, 0.3) is 11.3 Å². The van der Waals surface area contributed by atoms with E-state index in [1.807, 2.05) is 24.0 Å². The molecular weight excluding hydrogens is 383 g/mol. The van der Waals surface area contributed by atoms with E-state index < -0.39 is 6.10 Å². The van der Waals surface area contributed by atoms with Gasteiger partial charge in [-0.05, 0) is 38.1 Å². The van der Waals surface area contributed by atoms with Crippen molar-refractivity contribution in [1.29, 1.82) is 0 Å². The van der Waals surface area contributed by atoms with Gasteiger partial charge in [-0.15, -0.1) is 0 Å². The van der Waals surface area contributed by atoms with Crippen molar-refractivity contribution in [3.05, 3.63) is 60.4 Å². The molecule has 1 fully saturated rings. The fraction of sp³-hybridized carbons (Fsp3) is 0.409. The van der Waals surface area contributed by atoms with Gasteiger partial charge in [-0.2, -0.15) is 5.10 Å². The lowest BCUT2D eigenvalue weighted by Gasteiger charge is -2.35. The first-order valence-electron chi connectivity index (χ1n) is 10.3. The van der Waals surface area contributed by atoms with Crippen LogP contribution in [0.15, 0.2) is 49.1 Å². The van der Waals surface area contributed by atoms with Crippen molar-refractivity contribution in [2.75, 3.05) is 31.1 Å². The molecule has 3 heterocycles. The van der Waals surface area contributed by atoms with Crippen LogP contribution in [-0.4, -0.2) is 62.0 Å². The standard InChI is InChI=1S/C22H27FN6O/c1-16(17(2)30)29-15-18(13-26-29)14-27-9-11-28(12-10-27)22-21(24-7-8-25-22)19-3-5-20(23)6-4-19/h3-8,13,15-17,30H,9-12,14H2,1-2H3/t16-,17-/m0/s1. The average Bonchev–Trinajstić information content (AvgIpc) is 3.22. The third-order valence-electron chi connectivity index (χ3n) is 5.64. The third kappa shape index (κ3) is 4.49. The summed E-state index contributed by atoms with van der Waals surface area (Å²) in [6, 6.07) is 6.34. The molecule has 4 rings (SSSR count). The summed E-state index contributed by atoms with van der Waals surface area (Å²) in [4.78, 5) is 13.7. The molecule has 1 aliphatic heterocycles. The maximum absolute atomic E-state index is 13.3. The molecule has 7 nitrogen and oxygen atoms in total. The number of halogens is 1. The Morgan fingerprint density at radius 1 is 1.03 bits per heavy atom. The molecule has 0 aliphatic carbocycles. The van der Waals surface area contributed by atoms with Gasteiger partial charge in [0.05, 0.1) is 18.3 Å². The summed E-state index contributed by atoms with van der Waals surface area (Å²) in [5, 5.41) is 14.1. The van der Waals surface area contributed by atoms with Crippen LogP contribution < -0.4 is 4.90 Å². The number of hydrogen-bond donors (Lipinski definition) is 1. The Hall–Kier alpha value is -2.84. The maximum atomic E-state index is 13.3. The first-order chi connectivity index (χ1) is 14.5. The molecule has 1 saturated heterocycles. The minimum atomic E-state index is -0.441. The molecule has 2 atom stereocenters. The van der Waals surface area contributed by atoms with Crippen molar-refractivity contribution < 1.29 is 9.50 Å². The lowest BCUT2D eigenvalue weighted by molar-refractivity contribution is 0.132. The number of aliphatic hydroxyl groups is 1. The van der Waals surface area contributed by atoms with Gasteiger partial charge in [0.1, 0.15) is 11.5 Å². The maximum Gasteiger partial charge on any atom is 0.155 e. The topological polar surface area (TPSA) is 70.3 Å². The van der Waals surface area contributed by atoms with Crippen LogP contribution >= 0.6 is 0 Å². The predicted molar refractivity (Wildman–Crippen MR) is 114 cm³/mol. The van der Waals surface area contributed by atoms with Gasteiger partial charge in [-0.1, -0.05) is 0 Å². The van der Waals surface area contributed by atoms with Crippen molar-refractivity contribution in [2.24, 2.45) is 0 Å². The number of nitrogens with zero attached hydrogens (tertiary/aromatic N) is 6. The van der Waals surface area contributed by atoms with Gasteiger partial charge < -0.3 is 10.0 Å². The Labute approximate surface area is 175 Å². The fourth-order valence-corrected chi connectivity index (χ4v) is 3.65. The summed E-state index contributed by atoms with van der Waals surface area (Å²) in [7, 11) is 0. The van der Waals surface area contributed by atoms with E-state index in [4.69, 9.17) is 0 Å². The molecule has 1 aromatic carbocycles. The molecule has 1 aliphatic rings. The van der Waals surface area contributed by atoms with Gasteiger partial charge in [0, 0.05) is 62.4 Å². The van der Waals surface area contributed by atoms with Crippen molar-refractivity contribution in [1.82, 2.24) is 24.6 Å². The smallest absolute Gasteiger partial charge is 0.155 e. The number of hydrogen-bond acceptors (Lipinski definition) is 6. The molecule has 0 spiro atoms. The van der Waals surface area contributed by atoms with Gasteiger partial charge in [0.2, 0.25) is 0 Å². The van der Waals surface area contributed by atoms with Gasteiger partial charge in [-0.3, -0.25) is 14.6 Å². The number of anilines is 1. The fourth-order valence-electron chi connectivity index (χ4n) is 3.65. The van der Waals surface area contributed by atoms with E-state index in [9.17, 15) is 9.50 Å². The molecule has 0 radical (unpaired) electrons. The first kappa shape index (κ1) is 20.4. The molecule has 0 unspecified atom stereocenters. The van der Waals surface area contributed by atoms with Crippen LogP contribution in [0.1, 0.15) is 25.5 Å². The minimum absolute atomic E-state index is 0.0443. The Kier molecular flexibility index (Phi) is 6.06. The largest absolute Gasteiger partial charge is 0.391 e. The van der Waals surface area contributed by atoms with Gasteiger partial charge in [0.15, 0.2) is 5.82 Å². The van der Waals surface area contributed by atoms with Gasteiger partial charge in [0.25, 0.3) is 0 Å². The summed E-state index contributed by atoms with van der Waals surface area (Å²) in [5.41, 5.74) is 2.78. The van der Waals surface area contributed by atoms with Crippen LogP contribution in [0.4, 0.5) is 10.2 Å². The summed E-state index contributed by atoms with van der Waals surface area (Å²) in [6.45, 7) is 8.03. The summed E-state index contributed by atoms with van der Waals surface area (Å²) < 4.78 is 15.1. The Balaban J connectivity index is 1.40. The minimum Gasteiger partial charge on any atom is -0.391 e. The van der Waals surface area contributed by atoms with E-state index in [0.717, 1.165) is 55.4 Å². The summed E-state index contributed by atoms with van der Waals surface area (Å²) >= 11 is 0. The number of aromatic nitrogens is 4. The quantitative estimate of drug-likeness (QED) is 0.674. The molecule has 3 aromatic rings. The Morgan fingerprint density at radius 3 is 2.43 bits per heavy atom. The SMILES string of the molecule is C[C@H](O)[C@H](C)n1cc(CN2CCN(c3nccnc3-c3ccc(F)cc3)CC2)cn1. The zero-order chi connectivity index (χ0) is 21.1. The van der Waals surface area contributed by atoms with Crippen LogP contribution in [-0.2, 0) is 6.54 Å². The zero-order valence-electron chi connectivity index (χ0n) is 17.3. The second-order valence-electron chi connectivity index (χ2n) is 7.81. The van der Waals surface area contributed by atoms with Gasteiger partial charge >= 0.3 is 0 Å². The average molecular weight is 410 g/mol. The Morgan fingerprint density at radius 2 is 1.73 bits per heavy atom. The highest BCUT2D eigenvalue weighted by Gasteiger charge is 2.22. The molecule has 8 heteroatoms. The van der Waals surface area contributed by atoms with Crippen molar-refractivity contribution in [3.63, 3.8) is 0 Å². The molecule has 30 heavy (non-hydrogen) atoms. The van der Waals surface area contributed by atoms with Gasteiger partial charge in [-0.25, -0.2) is 9.37 Å². The first-order valence-corrected chi connectivity index (χ1v) is 10.3. The lowest BCUT2D eigenvalue weighted by atomic mass is 10.1. The highest BCUT2D eigenvalue weighted by molar-refractivity contribution is 5.72. The molecule has 2 aromatic heterocycles.